The number of nitrogens with one attached hydrogen (secondary N) is 1. The van der Waals surface area contributed by atoms with E-state index in [0.717, 1.165) is 9.04 Å². The molecule has 22 heavy (non-hydrogen) atoms. The maximum atomic E-state index is 12.3. The lowest BCUT2D eigenvalue weighted by Gasteiger charge is -2.04. The lowest BCUT2D eigenvalue weighted by molar-refractivity contribution is 0.0973. The van der Waals surface area contributed by atoms with Gasteiger partial charge < -0.3 is 4.57 Å². The van der Waals surface area contributed by atoms with Crippen LogP contribution in [0.3, 0.4) is 0 Å². The number of imidazole rings is 1. The number of Topliss-reactive ketones (excluding diaryl/α,β-unsaturated/α-hetero) is 1. The smallest absolute Gasteiger partial charge is 0.309 e. The minimum atomic E-state index is -0.546. The maximum Gasteiger partial charge on any atom is 0.329 e. The Kier molecular flexibility index (Phi) is 3.53. The molecule has 0 spiro atoms. The third kappa shape index (κ3) is 2.41. The second-order valence-electron chi connectivity index (χ2n) is 4.79. The summed E-state index contributed by atoms with van der Waals surface area (Å²) in [5, 5.41) is 0. The highest BCUT2D eigenvalue weighted by Crippen LogP contribution is 2.12. The summed E-state index contributed by atoms with van der Waals surface area (Å²) in [5.74, 6) is -0.145. The first-order valence-corrected chi connectivity index (χ1v) is 7.19. The zero-order valence-electron chi connectivity index (χ0n) is 11.5. The first-order valence-electron chi connectivity index (χ1n) is 6.40. The van der Waals surface area contributed by atoms with Crippen LogP contribution in [0.15, 0.2) is 44.7 Å². The summed E-state index contributed by atoms with van der Waals surface area (Å²) >= 11 is 3.31. The van der Waals surface area contributed by atoms with E-state index < -0.39 is 11.2 Å². The van der Waals surface area contributed by atoms with Gasteiger partial charge >= 0.3 is 5.69 Å². The van der Waals surface area contributed by atoms with Crippen LogP contribution in [0.25, 0.3) is 11.2 Å². The van der Waals surface area contributed by atoms with Gasteiger partial charge in [0.1, 0.15) is 5.65 Å². The zero-order valence-corrected chi connectivity index (χ0v) is 13.1. The van der Waals surface area contributed by atoms with Crippen LogP contribution < -0.4 is 11.2 Å². The van der Waals surface area contributed by atoms with E-state index >= 15 is 0 Å². The molecule has 0 saturated heterocycles. The van der Waals surface area contributed by atoms with Crippen molar-refractivity contribution in [3.63, 3.8) is 0 Å². The number of carbonyl (C=O) groups excluding carboxylic acids is 1. The molecule has 3 aromatic rings. The molecule has 0 radical (unpaired) electrons. The van der Waals surface area contributed by atoms with Crippen molar-refractivity contribution in [2.75, 3.05) is 0 Å². The van der Waals surface area contributed by atoms with E-state index in [2.05, 4.69) is 25.9 Å². The first kappa shape index (κ1) is 14.5. The molecule has 0 unspecified atom stereocenters. The molecule has 8 heteroatoms. The number of aromatic nitrogens is 4. The molecule has 2 aromatic heterocycles. The molecule has 0 aliphatic carbocycles. The van der Waals surface area contributed by atoms with Crippen LogP contribution in [0, 0.1) is 0 Å². The molecule has 0 fully saturated rings. The van der Waals surface area contributed by atoms with Gasteiger partial charge in [-0.05, 0) is 12.1 Å². The van der Waals surface area contributed by atoms with Gasteiger partial charge in [0, 0.05) is 17.1 Å². The van der Waals surface area contributed by atoms with Crippen molar-refractivity contribution in [3.8, 4) is 0 Å². The number of H-pyrrole nitrogens is 1. The number of ketones is 1. The van der Waals surface area contributed by atoms with Gasteiger partial charge in [-0.15, -0.1) is 0 Å². The van der Waals surface area contributed by atoms with Crippen LogP contribution in [0.2, 0.25) is 0 Å². The van der Waals surface area contributed by atoms with E-state index in [9.17, 15) is 14.4 Å². The van der Waals surface area contributed by atoms with Crippen molar-refractivity contribution < 1.29 is 4.79 Å². The Morgan fingerprint density at radius 1 is 1.27 bits per heavy atom. The quantitative estimate of drug-likeness (QED) is 0.705. The van der Waals surface area contributed by atoms with Crippen molar-refractivity contribution in [2.45, 2.75) is 6.54 Å². The fraction of sp³-hybridized carbons (Fsp3) is 0.143. The molecule has 1 N–H and O–H groups in total. The Hall–Kier alpha value is -2.48. The van der Waals surface area contributed by atoms with Crippen molar-refractivity contribution in [3.05, 3.63) is 61.5 Å². The predicted octanol–water partition coefficient (Wildman–Crippen LogP) is 1.07. The summed E-state index contributed by atoms with van der Waals surface area (Å²) in [7, 11) is 1.37. The number of hydrogen-bond acceptors (Lipinski definition) is 4. The fourth-order valence-corrected chi connectivity index (χ4v) is 2.37. The molecular formula is C14H11BrN4O3. The maximum absolute atomic E-state index is 12.3. The second-order valence-corrected chi connectivity index (χ2v) is 5.71. The summed E-state index contributed by atoms with van der Waals surface area (Å²) in [6.07, 6.45) is 1.37. The molecule has 2 heterocycles. The molecular weight excluding hydrogens is 352 g/mol. The fourth-order valence-electron chi connectivity index (χ4n) is 2.11. The molecule has 7 nitrogen and oxygen atoms in total. The van der Waals surface area contributed by atoms with Gasteiger partial charge in [-0.25, -0.2) is 9.78 Å². The molecule has 0 saturated carbocycles. The summed E-state index contributed by atoms with van der Waals surface area (Å²) in [6, 6.07) is 6.95. The average Bonchev–Trinajstić information content (AvgIpc) is 2.88. The standard InChI is InChI=1S/C14H11BrN4O3/c1-18-13(21)11-12(17-14(18)22)19(7-16-11)6-10(20)8-2-4-9(15)5-3-8/h2-5,7H,6H2,1H3,(H,17,22). The third-order valence-corrected chi connectivity index (χ3v) is 3.88. The van der Waals surface area contributed by atoms with E-state index in [0.29, 0.717) is 5.56 Å². The van der Waals surface area contributed by atoms with Crippen molar-refractivity contribution in [2.24, 2.45) is 7.05 Å². The lowest BCUT2D eigenvalue weighted by atomic mass is 10.1. The monoisotopic (exact) mass is 362 g/mol. The third-order valence-electron chi connectivity index (χ3n) is 3.36. The van der Waals surface area contributed by atoms with E-state index in [-0.39, 0.29) is 23.5 Å². The highest BCUT2D eigenvalue weighted by Gasteiger charge is 2.13. The lowest BCUT2D eigenvalue weighted by Crippen LogP contribution is -2.32. The Morgan fingerprint density at radius 3 is 2.64 bits per heavy atom. The van der Waals surface area contributed by atoms with E-state index in [1.165, 1.54) is 17.9 Å². The molecule has 0 bridgehead atoms. The van der Waals surface area contributed by atoms with Gasteiger partial charge in [0.2, 0.25) is 0 Å². The van der Waals surface area contributed by atoms with Crippen molar-refractivity contribution >= 4 is 32.9 Å². The van der Waals surface area contributed by atoms with Crippen LogP contribution in [0.4, 0.5) is 0 Å². The van der Waals surface area contributed by atoms with E-state index in [4.69, 9.17) is 0 Å². The molecule has 0 aliphatic rings. The summed E-state index contributed by atoms with van der Waals surface area (Å²) in [4.78, 5) is 42.4. The van der Waals surface area contributed by atoms with Gasteiger partial charge in [-0.1, -0.05) is 28.1 Å². The topological polar surface area (TPSA) is 89.8 Å². The molecule has 1 aromatic carbocycles. The minimum absolute atomic E-state index is 0.0127. The highest BCUT2D eigenvalue weighted by atomic mass is 79.9. The molecule has 0 atom stereocenters. The number of fused-ring (bicyclic) bond motifs is 1. The summed E-state index contributed by atoms with van der Waals surface area (Å²) < 4.78 is 3.28. The largest absolute Gasteiger partial charge is 0.329 e. The Bertz CT molecular complexity index is 982. The highest BCUT2D eigenvalue weighted by molar-refractivity contribution is 9.10. The number of rotatable bonds is 3. The number of nitrogens with zero attached hydrogens (tertiary/aromatic N) is 3. The SMILES string of the molecule is Cn1c(=O)[nH]c2c(ncn2CC(=O)c2ccc(Br)cc2)c1=O. The van der Waals surface area contributed by atoms with E-state index in [1.54, 1.807) is 24.3 Å². The van der Waals surface area contributed by atoms with Crippen LogP contribution in [0.1, 0.15) is 10.4 Å². The average molecular weight is 363 g/mol. The predicted molar refractivity (Wildman–Crippen MR) is 84.1 cm³/mol. The zero-order chi connectivity index (χ0) is 15.9. The number of hydrogen-bond donors (Lipinski definition) is 1. The first-order chi connectivity index (χ1) is 10.5. The van der Waals surface area contributed by atoms with Crippen molar-refractivity contribution in [1.82, 2.24) is 19.1 Å². The second kappa shape index (κ2) is 5.38. The van der Waals surface area contributed by atoms with Crippen LogP contribution in [0.5, 0.6) is 0 Å². The minimum Gasteiger partial charge on any atom is -0.309 e. The molecule has 112 valence electrons. The van der Waals surface area contributed by atoms with Gasteiger partial charge in [0.25, 0.3) is 5.56 Å². The number of halogens is 1. The van der Waals surface area contributed by atoms with Crippen LogP contribution >= 0.6 is 15.9 Å². The normalized spacial score (nSPS) is 11.0. The number of aromatic amines is 1. The Labute approximate surface area is 132 Å². The van der Waals surface area contributed by atoms with E-state index in [1.807, 2.05) is 0 Å². The number of benzene rings is 1. The van der Waals surface area contributed by atoms with Gasteiger partial charge in [0.05, 0.1) is 12.9 Å². The Balaban J connectivity index is 2.01. The number of carbonyl (C=O) groups is 1. The molecule has 0 amide bonds. The van der Waals surface area contributed by atoms with Crippen LogP contribution in [-0.4, -0.2) is 24.9 Å². The van der Waals surface area contributed by atoms with Crippen molar-refractivity contribution in [1.29, 1.82) is 0 Å². The summed E-state index contributed by atoms with van der Waals surface area (Å²) in [6.45, 7) is -0.0127. The Morgan fingerprint density at radius 2 is 1.95 bits per heavy atom. The van der Waals surface area contributed by atoms with Gasteiger partial charge in [0.15, 0.2) is 11.3 Å². The molecule has 3 rings (SSSR count). The van der Waals surface area contributed by atoms with Gasteiger partial charge in [-0.3, -0.25) is 19.1 Å². The molecule has 0 aliphatic heterocycles. The summed E-state index contributed by atoms with van der Waals surface area (Å²) in [5.41, 5.74) is -0.121. The van der Waals surface area contributed by atoms with Crippen LogP contribution in [-0.2, 0) is 13.6 Å². The van der Waals surface area contributed by atoms with Gasteiger partial charge in [-0.2, -0.15) is 0 Å².